The van der Waals surface area contributed by atoms with Gasteiger partial charge in [-0.05, 0) is 46.8 Å². The molecule has 3 aromatic heterocycles. The maximum absolute atomic E-state index is 13.2. The normalized spacial score (nSPS) is 11.3. The fourth-order valence-corrected chi connectivity index (χ4v) is 3.90. The van der Waals surface area contributed by atoms with E-state index in [2.05, 4.69) is 34.6 Å². The maximum atomic E-state index is 13.2. The zero-order valence-corrected chi connectivity index (χ0v) is 18.7. The molecule has 7 heteroatoms. The van der Waals surface area contributed by atoms with Crippen LogP contribution in [0, 0.1) is 27.7 Å². The van der Waals surface area contributed by atoms with Crippen molar-refractivity contribution in [1.82, 2.24) is 29.9 Å². The van der Waals surface area contributed by atoms with Gasteiger partial charge in [0.2, 0.25) is 0 Å². The minimum atomic E-state index is -0.124. The summed E-state index contributed by atoms with van der Waals surface area (Å²) in [5.41, 5.74) is 7.14. The third kappa shape index (κ3) is 4.08. The van der Waals surface area contributed by atoms with Gasteiger partial charge in [-0.25, -0.2) is 9.67 Å². The molecular weight excluding hydrogens is 388 g/mol. The lowest BCUT2D eigenvalue weighted by atomic mass is 10.0. The van der Waals surface area contributed by atoms with E-state index in [1.807, 2.05) is 61.3 Å². The minimum Gasteiger partial charge on any atom is -0.350 e. The van der Waals surface area contributed by atoms with Crippen molar-refractivity contribution in [3.63, 3.8) is 0 Å². The van der Waals surface area contributed by atoms with Crippen molar-refractivity contribution >= 4 is 16.9 Å². The van der Waals surface area contributed by atoms with Gasteiger partial charge >= 0.3 is 0 Å². The quantitative estimate of drug-likeness (QED) is 0.516. The summed E-state index contributed by atoms with van der Waals surface area (Å²) < 4.78 is 3.77. The molecule has 0 saturated heterocycles. The summed E-state index contributed by atoms with van der Waals surface area (Å²) in [5.74, 6) is -0.124. The van der Waals surface area contributed by atoms with Gasteiger partial charge in [-0.15, -0.1) is 0 Å². The molecule has 4 aromatic rings. The standard InChI is InChI=1S/C24H28N6O/c1-6-29-23-22(18(5)28-29)20(14-21(26-23)19-9-7-15(2)8-10-19)24(31)25-11-12-30-17(4)13-16(3)27-30/h7-10,13-14H,6,11-12H2,1-5H3,(H,25,31). The summed E-state index contributed by atoms with van der Waals surface area (Å²) in [6.45, 7) is 11.8. The Hall–Kier alpha value is -3.48. The molecule has 1 amide bonds. The predicted molar refractivity (Wildman–Crippen MR) is 122 cm³/mol. The molecule has 1 N–H and O–H groups in total. The van der Waals surface area contributed by atoms with Crippen molar-refractivity contribution < 1.29 is 4.79 Å². The Morgan fingerprint density at radius 2 is 1.74 bits per heavy atom. The second-order valence-electron chi connectivity index (χ2n) is 7.93. The van der Waals surface area contributed by atoms with Gasteiger partial charge in [-0.3, -0.25) is 9.48 Å². The van der Waals surface area contributed by atoms with Crippen LogP contribution in [0.5, 0.6) is 0 Å². The number of fused-ring (bicyclic) bond motifs is 1. The average Bonchev–Trinajstić information content (AvgIpc) is 3.25. The molecule has 0 unspecified atom stereocenters. The Morgan fingerprint density at radius 1 is 1.00 bits per heavy atom. The molecule has 0 saturated carbocycles. The van der Waals surface area contributed by atoms with Crippen LogP contribution in [-0.2, 0) is 13.1 Å². The zero-order chi connectivity index (χ0) is 22.1. The van der Waals surface area contributed by atoms with Gasteiger partial charge in [0, 0.05) is 24.3 Å². The van der Waals surface area contributed by atoms with Gasteiger partial charge in [-0.1, -0.05) is 29.8 Å². The Bertz CT molecular complexity index is 1250. The molecule has 0 aliphatic heterocycles. The van der Waals surface area contributed by atoms with Crippen LogP contribution in [0.1, 0.15) is 39.9 Å². The monoisotopic (exact) mass is 416 g/mol. The van der Waals surface area contributed by atoms with Crippen LogP contribution >= 0.6 is 0 Å². The number of pyridine rings is 1. The molecule has 0 bridgehead atoms. The fraction of sp³-hybridized carbons (Fsp3) is 0.333. The largest absolute Gasteiger partial charge is 0.350 e. The van der Waals surface area contributed by atoms with E-state index >= 15 is 0 Å². The van der Waals surface area contributed by atoms with Crippen LogP contribution in [0.2, 0.25) is 0 Å². The number of nitrogens with one attached hydrogen (secondary N) is 1. The van der Waals surface area contributed by atoms with Crippen LogP contribution in [-0.4, -0.2) is 37.0 Å². The Kier molecular flexibility index (Phi) is 5.59. The molecule has 31 heavy (non-hydrogen) atoms. The van der Waals surface area contributed by atoms with Crippen LogP contribution in [0.4, 0.5) is 0 Å². The molecule has 0 radical (unpaired) electrons. The third-order valence-electron chi connectivity index (χ3n) is 5.48. The first-order valence-corrected chi connectivity index (χ1v) is 10.6. The molecule has 0 fully saturated rings. The van der Waals surface area contributed by atoms with Crippen LogP contribution in [0.25, 0.3) is 22.3 Å². The number of aryl methyl sites for hydroxylation is 5. The van der Waals surface area contributed by atoms with Crippen LogP contribution < -0.4 is 5.32 Å². The minimum absolute atomic E-state index is 0.124. The first-order valence-electron chi connectivity index (χ1n) is 10.6. The number of carbonyl (C=O) groups is 1. The lowest BCUT2D eigenvalue weighted by Gasteiger charge is -2.11. The molecule has 7 nitrogen and oxygen atoms in total. The molecule has 3 heterocycles. The summed E-state index contributed by atoms with van der Waals surface area (Å²) in [4.78, 5) is 18.1. The summed E-state index contributed by atoms with van der Waals surface area (Å²) >= 11 is 0. The number of nitrogens with zero attached hydrogens (tertiary/aromatic N) is 5. The topological polar surface area (TPSA) is 77.6 Å². The number of hydrogen-bond acceptors (Lipinski definition) is 4. The lowest BCUT2D eigenvalue weighted by Crippen LogP contribution is -2.28. The van der Waals surface area contributed by atoms with E-state index in [0.717, 1.165) is 39.4 Å². The van der Waals surface area contributed by atoms with Crippen molar-refractivity contribution in [3.8, 4) is 11.3 Å². The van der Waals surface area contributed by atoms with Crippen molar-refractivity contribution in [1.29, 1.82) is 0 Å². The Balaban J connectivity index is 1.69. The number of amides is 1. The second-order valence-corrected chi connectivity index (χ2v) is 7.93. The smallest absolute Gasteiger partial charge is 0.252 e. The highest BCUT2D eigenvalue weighted by Gasteiger charge is 2.19. The third-order valence-corrected chi connectivity index (χ3v) is 5.48. The highest BCUT2D eigenvalue weighted by Crippen LogP contribution is 2.27. The van der Waals surface area contributed by atoms with E-state index in [1.54, 1.807) is 0 Å². The Morgan fingerprint density at radius 3 is 2.39 bits per heavy atom. The van der Waals surface area contributed by atoms with E-state index in [1.165, 1.54) is 5.56 Å². The average molecular weight is 417 g/mol. The lowest BCUT2D eigenvalue weighted by molar-refractivity contribution is 0.0953. The number of benzene rings is 1. The zero-order valence-electron chi connectivity index (χ0n) is 18.7. The summed E-state index contributed by atoms with van der Waals surface area (Å²) in [6.07, 6.45) is 0. The predicted octanol–water partition coefficient (Wildman–Crippen LogP) is 3.98. The molecule has 0 spiro atoms. The van der Waals surface area contributed by atoms with Crippen molar-refractivity contribution in [2.24, 2.45) is 0 Å². The maximum Gasteiger partial charge on any atom is 0.252 e. The van der Waals surface area contributed by atoms with Gasteiger partial charge in [0.05, 0.1) is 34.6 Å². The highest BCUT2D eigenvalue weighted by molar-refractivity contribution is 6.07. The van der Waals surface area contributed by atoms with E-state index in [-0.39, 0.29) is 5.91 Å². The SMILES string of the molecule is CCn1nc(C)c2c(C(=O)NCCn3nc(C)cc3C)cc(-c3ccc(C)cc3)nc21. The van der Waals surface area contributed by atoms with Gasteiger partial charge in [-0.2, -0.15) is 10.2 Å². The van der Waals surface area contributed by atoms with Gasteiger partial charge in [0.15, 0.2) is 5.65 Å². The van der Waals surface area contributed by atoms with E-state index in [0.29, 0.717) is 25.2 Å². The fourth-order valence-electron chi connectivity index (χ4n) is 3.90. The number of carbonyl (C=O) groups excluding carboxylic acids is 1. The highest BCUT2D eigenvalue weighted by atomic mass is 16.1. The van der Waals surface area contributed by atoms with Gasteiger partial charge in [0.25, 0.3) is 5.91 Å². The molecule has 0 aliphatic carbocycles. The summed E-state index contributed by atoms with van der Waals surface area (Å²) in [7, 11) is 0. The van der Waals surface area contributed by atoms with Crippen LogP contribution in [0.15, 0.2) is 36.4 Å². The van der Waals surface area contributed by atoms with E-state index in [4.69, 9.17) is 4.98 Å². The Labute approximate surface area is 182 Å². The molecule has 1 aromatic carbocycles. The first kappa shape index (κ1) is 20.8. The molecule has 4 rings (SSSR count). The van der Waals surface area contributed by atoms with Crippen molar-refractivity contribution in [2.75, 3.05) is 6.54 Å². The van der Waals surface area contributed by atoms with Gasteiger partial charge in [0.1, 0.15) is 0 Å². The van der Waals surface area contributed by atoms with Crippen LogP contribution in [0.3, 0.4) is 0 Å². The number of hydrogen-bond donors (Lipinski definition) is 1. The summed E-state index contributed by atoms with van der Waals surface area (Å²) in [5, 5.41) is 12.9. The van der Waals surface area contributed by atoms with Crippen molar-refractivity contribution in [2.45, 2.75) is 47.7 Å². The first-order chi connectivity index (χ1) is 14.9. The van der Waals surface area contributed by atoms with Gasteiger partial charge < -0.3 is 5.32 Å². The molecule has 160 valence electrons. The van der Waals surface area contributed by atoms with Crippen molar-refractivity contribution in [3.05, 3.63) is 64.6 Å². The molecule has 0 atom stereocenters. The molecular formula is C24H28N6O. The molecule has 0 aliphatic rings. The van der Waals surface area contributed by atoms with E-state index < -0.39 is 0 Å². The number of rotatable bonds is 6. The second kappa shape index (κ2) is 8.34. The summed E-state index contributed by atoms with van der Waals surface area (Å²) in [6, 6.07) is 12.1. The van der Waals surface area contributed by atoms with E-state index in [9.17, 15) is 4.79 Å². The number of aromatic nitrogens is 5.